The third-order valence-electron chi connectivity index (χ3n) is 3.10. The molecule has 3 rings (SSSR count). The van der Waals surface area contributed by atoms with Gasteiger partial charge in [-0.05, 0) is 35.2 Å². The zero-order valence-electron chi connectivity index (χ0n) is 10.0. The van der Waals surface area contributed by atoms with Crippen molar-refractivity contribution in [3.05, 3.63) is 38.5 Å². The van der Waals surface area contributed by atoms with E-state index in [1.54, 1.807) is 22.7 Å². The summed E-state index contributed by atoms with van der Waals surface area (Å²) in [6, 6.07) is 2.97. The molecule has 2 nitrogen and oxygen atoms in total. The van der Waals surface area contributed by atoms with E-state index >= 15 is 0 Å². The molecule has 2 aromatic rings. The fourth-order valence-electron chi connectivity index (χ4n) is 2.03. The molecule has 0 aliphatic heterocycles. The van der Waals surface area contributed by atoms with Gasteiger partial charge in [0.05, 0.1) is 18.1 Å². The Morgan fingerprint density at radius 1 is 1.33 bits per heavy atom. The molecular formula is C13H15ClN2S2. The summed E-state index contributed by atoms with van der Waals surface area (Å²) < 4.78 is 0. The number of hydrogen-bond donors (Lipinski definition) is 0. The first-order valence-corrected chi connectivity index (χ1v) is 8.45. The van der Waals surface area contributed by atoms with Crippen LogP contribution in [0.4, 0.5) is 0 Å². The third-order valence-corrected chi connectivity index (χ3v) is 4.99. The van der Waals surface area contributed by atoms with E-state index in [0.717, 1.165) is 24.8 Å². The molecule has 0 spiro atoms. The molecule has 1 saturated carbocycles. The lowest BCUT2D eigenvalue weighted by molar-refractivity contribution is 0.245. The minimum absolute atomic E-state index is 0.518. The molecular weight excluding hydrogens is 284 g/mol. The van der Waals surface area contributed by atoms with Gasteiger partial charge in [0.25, 0.3) is 0 Å². The Morgan fingerprint density at radius 3 is 2.83 bits per heavy atom. The smallest absolute Gasteiger partial charge is 0.107 e. The van der Waals surface area contributed by atoms with Crippen LogP contribution in [-0.2, 0) is 19.0 Å². The Bertz CT molecular complexity index is 491. The van der Waals surface area contributed by atoms with Crippen LogP contribution in [0.5, 0.6) is 0 Å². The van der Waals surface area contributed by atoms with Crippen molar-refractivity contribution < 1.29 is 0 Å². The van der Waals surface area contributed by atoms with Crippen molar-refractivity contribution in [3.63, 3.8) is 0 Å². The molecule has 96 valence electrons. The Morgan fingerprint density at radius 2 is 2.22 bits per heavy atom. The topological polar surface area (TPSA) is 16.1 Å². The molecule has 0 unspecified atom stereocenters. The second kappa shape index (κ2) is 5.70. The standard InChI is InChI=1S/C13H15ClN2S2/c14-5-11-9-18-13(15-11)7-16(12-1-2-12)6-10-3-4-17-8-10/h3-4,8-9,12H,1-2,5-7H2. The first-order chi connectivity index (χ1) is 8.85. The molecule has 0 N–H and O–H groups in total. The highest BCUT2D eigenvalue weighted by atomic mass is 35.5. The van der Waals surface area contributed by atoms with Crippen molar-refractivity contribution in [3.8, 4) is 0 Å². The summed E-state index contributed by atoms with van der Waals surface area (Å²) in [5, 5.41) is 7.64. The summed E-state index contributed by atoms with van der Waals surface area (Å²) in [5.74, 6) is 0.518. The van der Waals surface area contributed by atoms with Gasteiger partial charge in [-0.1, -0.05) is 0 Å². The van der Waals surface area contributed by atoms with Gasteiger partial charge in [0.1, 0.15) is 5.01 Å². The highest BCUT2D eigenvalue weighted by Gasteiger charge is 2.29. The molecule has 0 saturated heterocycles. The average Bonchev–Trinajstić information content (AvgIpc) is 2.92. The predicted molar refractivity (Wildman–Crippen MR) is 78.3 cm³/mol. The summed E-state index contributed by atoms with van der Waals surface area (Å²) in [6.07, 6.45) is 2.66. The Labute approximate surface area is 120 Å². The van der Waals surface area contributed by atoms with Gasteiger partial charge in [-0.25, -0.2) is 4.98 Å². The largest absolute Gasteiger partial charge is 0.289 e. The van der Waals surface area contributed by atoms with E-state index < -0.39 is 0 Å². The zero-order chi connectivity index (χ0) is 12.4. The maximum Gasteiger partial charge on any atom is 0.107 e. The van der Waals surface area contributed by atoms with Crippen LogP contribution in [0.25, 0.3) is 0 Å². The first kappa shape index (κ1) is 12.6. The van der Waals surface area contributed by atoms with Crippen molar-refractivity contribution in [1.82, 2.24) is 9.88 Å². The van der Waals surface area contributed by atoms with Crippen molar-refractivity contribution in [1.29, 1.82) is 0 Å². The van der Waals surface area contributed by atoms with Crippen LogP contribution < -0.4 is 0 Å². The van der Waals surface area contributed by atoms with Gasteiger partial charge in [-0.2, -0.15) is 11.3 Å². The fourth-order valence-corrected chi connectivity index (χ4v) is 3.73. The van der Waals surface area contributed by atoms with Gasteiger partial charge in [0, 0.05) is 18.0 Å². The summed E-state index contributed by atoms with van der Waals surface area (Å²) in [6.45, 7) is 2.01. The van der Waals surface area contributed by atoms with E-state index in [1.165, 1.54) is 23.4 Å². The van der Waals surface area contributed by atoms with Gasteiger partial charge in [0.2, 0.25) is 0 Å². The zero-order valence-corrected chi connectivity index (χ0v) is 12.4. The van der Waals surface area contributed by atoms with Crippen LogP contribution in [-0.4, -0.2) is 15.9 Å². The quantitative estimate of drug-likeness (QED) is 0.746. The molecule has 18 heavy (non-hydrogen) atoms. The maximum absolute atomic E-state index is 5.80. The number of halogens is 1. The highest BCUT2D eigenvalue weighted by Crippen LogP contribution is 2.30. The number of hydrogen-bond acceptors (Lipinski definition) is 4. The Hall–Kier alpha value is -0.420. The van der Waals surface area contributed by atoms with E-state index in [9.17, 15) is 0 Å². The summed E-state index contributed by atoms with van der Waals surface area (Å²) in [7, 11) is 0. The summed E-state index contributed by atoms with van der Waals surface area (Å²) in [5.41, 5.74) is 2.42. The highest BCUT2D eigenvalue weighted by molar-refractivity contribution is 7.09. The van der Waals surface area contributed by atoms with E-state index in [4.69, 9.17) is 11.6 Å². The number of aromatic nitrogens is 1. The fraction of sp³-hybridized carbons (Fsp3) is 0.462. The Balaban J connectivity index is 1.66. The molecule has 5 heteroatoms. The molecule has 1 fully saturated rings. The lowest BCUT2D eigenvalue weighted by atomic mass is 10.3. The first-order valence-electron chi connectivity index (χ1n) is 6.09. The van der Waals surface area contributed by atoms with Crippen molar-refractivity contribution in [2.75, 3.05) is 0 Å². The second-order valence-corrected chi connectivity index (χ2v) is 6.62. The minimum Gasteiger partial charge on any atom is -0.289 e. The SMILES string of the molecule is ClCc1csc(CN(Cc2ccsc2)C2CC2)n1. The van der Waals surface area contributed by atoms with E-state index in [2.05, 4.69) is 32.1 Å². The number of thiazole rings is 1. The minimum atomic E-state index is 0.518. The maximum atomic E-state index is 5.80. The van der Waals surface area contributed by atoms with Crippen molar-refractivity contribution in [2.45, 2.75) is 37.9 Å². The predicted octanol–water partition coefficient (Wildman–Crippen LogP) is 4.11. The molecule has 1 aliphatic rings. The molecule has 2 heterocycles. The number of nitrogens with zero attached hydrogens (tertiary/aromatic N) is 2. The summed E-state index contributed by atoms with van der Waals surface area (Å²) >= 11 is 9.29. The van der Waals surface area contributed by atoms with Gasteiger partial charge in [0.15, 0.2) is 0 Å². The monoisotopic (exact) mass is 298 g/mol. The van der Waals surface area contributed by atoms with Crippen molar-refractivity contribution >= 4 is 34.3 Å². The molecule has 0 atom stereocenters. The molecule has 1 aliphatic carbocycles. The molecule has 0 amide bonds. The lowest BCUT2D eigenvalue weighted by Crippen LogP contribution is -2.24. The van der Waals surface area contributed by atoms with Gasteiger partial charge < -0.3 is 0 Å². The number of alkyl halides is 1. The van der Waals surface area contributed by atoms with Gasteiger partial charge in [-0.3, -0.25) is 4.90 Å². The van der Waals surface area contributed by atoms with Crippen LogP contribution in [0, 0.1) is 0 Å². The van der Waals surface area contributed by atoms with Crippen LogP contribution in [0.3, 0.4) is 0 Å². The average molecular weight is 299 g/mol. The number of rotatable bonds is 6. The number of thiophene rings is 1. The third kappa shape index (κ3) is 3.12. The summed E-state index contributed by atoms with van der Waals surface area (Å²) in [4.78, 5) is 7.10. The normalized spacial score (nSPS) is 15.4. The van der Waals surface area contributed by atoms with Crippen LogP contribution >= 0.6 is 34.3 Å². The molecule has 0 bridgehead atoms. The molecule has 2 aromatic heterocycles. The Kier molecular flexibility index (Phi) is 3.99. The van der Waals surface area contributed by atoms with Crippen molar-refractivity contribution in [2.24, 2.45) is 0 Å². The van der Waals surface area contributed by atoms with Crippen LogP contribution in [0.2, 0.25) is 0 Å². The van der Waals surface area contributed by atoms with E-state index in [-0.39, 0.29) is 0 Å². The van der Waals surface area contributed by atoms with Gasteiger partial charge in [-0.15, -0.1) is 22.9 Å². The van der Waals surface area contributed by atoms with Crippen LogP contribution in [0.15, 0.2) is 22.2 Å². The van der Waals surface area contributed by atoms with Crippen LogP contribution in [0.1, 0.15) is 29.1 Å². The van der Waals surface area contributed by atoms with E-state index in [1.807, 2.05) is 0 Å². The van der Waals surface area contributed by atoms with Gasteiger partial charge >= 0.3 is 0 Å². The second-order valence-electron chi connectivity index (χ2n) is 4.63. The lowest BCUT2D eigenvalue weighted by Gasteiger charge is -2.19. The molecule has 0 aromatic carbocycles. The molecule has 0 radical (unpaired) electrons. The van der Waals surface area contributed by atoms with E-state index in [0.29, 0.717) is 5.88 Å².